The SMILES string of the molecule is CCc1cc(N(C)CC)ccc1OC. The van der Waals surface area contributed by atoms with Crippen LogP contribution >= 0.6 is 0 Å². The summed E-state index contributed by atoms with van der Waals surface area (Å²) in [5.74, 6) is 0.987. The van der Waals surface area contributed by atoms with Gasteiger partial charge in [-0.3, -0.25) is 0 Å². The predicted octanol–water partition coefficient (Wildman–Crippen LogP) is 2.71. The Bertz CT molecular complexity index is 296. The average Bonchev–Trinajstić information content (AvgIpc) is 2.26. The fraction of sp³-hybridized carbons (Fsp3) is 0.500. The summed E-state index contributed by atoms with van der Waals surface area (Å²) in [5, 5.41) is 0. The molecule has 0 fully saturated rings. The van der Waals surface area contributed by atoms with E-state index < -0.39 is 0 Å². The van der Waals surface area contributed by atoms with E-state index in [0.29, 0.717) is 0 Å². The van der Waals surface area contributed by atoms with Gasteiger partial charge in [-0.25, -0.2) is 0 Å². The van der Waals surface area contributed by atoms with E-state index in [1.807, 2.05) is 6.07 Å². The zero-order chi connectivity index (χ0) is 10.6. The summed E-state index contributed by atoms with van der Waals surface area (Å²) in [6.45, 7) is 5.32. The summed E-state index contributed by atoms with van der Waals surface area (Å²) in [6, 6.07) is 6.34. The molecule has 2 nitrogen and oxygen atoms in total. The topological polar surface area (TPSA) is 12.5 Å². The largest absolute Gasteiger partial charge is 0.496 e. The second-order valence-corrected chi connectivity index (χ2v) is 3.36. The van der Waals surface area contributed by atoms with Crippen molar-refractivity contribution in [3.05, 3.63) is 23.8 Å². The first-order chi connectivity index (χ1) is 6.72. The molecule has 0 heterocycles. The number of anilines is 1. The highest BCUT2D eigenvalue weighted by Crippen LogP contribution is 2.24. The van der Waals surface area contributed by atoms with Gasteiger partial charge in [0.25, 0.3) is 0 Å². The minimum absolute atomic E-state index is 0.987. The van der Waals surface area contributed by atoms with Crippen molar-refractivity contribution in [2.24, 2.45) is 0 Å². The molecule has 0 aliphatic heterocycles. The van der Waals surface area contributed by atoms with Crippen LogP contribution in [0.3, 0.4) is 0 Å². The van der Waals surface area contributed by atoms with Gasteiger partial charge in [0.05, 0.1) is 7.11 Å². The van der Waals surface area contributed by atoms with Crippen LogP contribution in [0.1, 0.15) is 19.4 Å². The van der Waals surface area contributed by atoms with Crippen LogP contribution in [0.5, 0.6) is 5.75 Å². The Hall–Kier alpha value is -1.18. The first-order valence-electron chi connectivity index (χ1n) is 5.11. The molecule has 1 rings (SSSR count). The first-order valence-corrected chi connectivity index (χ1v) is 5.11. The van der Waals surface area contributed by atoms with Crippen LogP contribution in [-0.2, 0) is 6.42 Å². The number of rotatable bonds is 4. The van der Waals surface area contributed by atoms with Gasteiger partial charge in [-0.1, -0.05) is 6.92 Å². The predicted molar refractivity (Wildman–Crippen MR) is 61.3 cm³/mol. The Morgan fingerprint density at radius 2 is 2.00 bits per heavy atom. The lowest BCUT2D eigenvalue weighted by Gasteiger charge is -2.18. The number of methoxy groups -OCH3 is 1. The summed E-state index contributed by atoms with van der Waals surface area (Å²) < 4.78 is 5.29. The molecule has 0 saturated carbocycles. The van der Waals surface area contributed by atoms with Crippen molar-refractivity contribution in [2.75, 3.05) is 25.6 Å². The van der Waals surface area contributed by atoms with Crippen LogP contribution in [-0.4, -0.2) is 20.7 Å². The lowest BCUT2D eigenvalue weighted by Crippen LogP contribution is -2.15. The minimum Gasteiger partial charge on any atom is -0.496 e. The number of ether oxygens (including phenoxy) is 1. The van der Waals surface area contributed by atoms with Gasteiger partial charge in [-0.2, -0.15) is 0 Å². The number of benzene rings is 1. The quantitative estimate of drug-likeness (QED) is 0.729. The Morgan fingerprint density at radius 3 is 2.50 bits per heavy atom. The fourth-order valence-electron chi connectivity index (χ4n) is 1.46. The molecule has 0 amide bonds. The average molecular weight is 193 g/mol. The molecule has 0 aromatic heterocycles. The highest BCUT2D eigenvalue weighted by atomic mass is 16.5. The van der Waals surface area contributed by atoms with Crippen LogP contribution in [0.15, 0.2) is 18.2 Å². The molecule has 0 bridgehead atoms. The van der Waals surface area contributed by atoms with E-state index in [1.165, 1.54) is 11.3 Å². The maximum atomic E-state index is 5.29. The molecule has 0 aliphatic rings. The van der Waals surface area contributed by atoms with E-state index in [9.17, 15) is 0 Å². The lowest BCUT2D eigenvalue weighted by molar-refractivity contribution is 0.410. The first kappa shape index (κ1) is 10.9. The van der Waals surface area contributed by atoms with E-state index in [-0.39, 0.29) is 0 Å². The highest BCUT2D eigenvalue weighted by molar-refractivity contribution is 5.52. The Kier molecular flexibility index (Phi) is 3.81. The third-order valence-electron chi connectivity index (χ3n) is 2.56. The van der Waals surface area contributed by atoms with Gasteiger partial charge in [-0.15, -0.1) is 0 Å². The van der Waals surface area contributed by atoms with Crippen LogP contribution in [0, 0.1) is 0 Å². The molecule has 0 spiro atoms. The van der Waals surface area contributed by atoms with Crippen LogP contribution < -0.4 is 9.64 Å². The molecule has 78 valence electrons. The molecule has 2 heteroatoms. The van der Waals surface area contributed by atoms with Crippen molar-refractivity contribution in [3.63, 3.8) is 0 Å². The molecule has 1 aromatic rings. The van der Waals surface area contributed by atoms with E-state index in [2.05, 4.69) is 37.9 Å². The molecule has 0 aliphatic carbocycles. The molecule has 0 N–H and O–H groups in total. The van der Waals surface area contributed by atoms with Gasteiger partial charge in [0.1, 0.15) is 5.75 Å². The standard InChI is InChI=1S/C12H19NO/c1-5-10-9-11(13(3)6-2)7-8-12(10)14-4/h7-9H,5-6H2,1-4H3. The molecule has 0 radical (unpaired) electrons. The van der Waals surface area contributed by atoms with Gasteiger partial charge in [0.2, 0.25) is 0 Å². The van der Waals surface area contributed by atoms with Gasteiger partial charge >= 0.3 is 0 Å². The zero-order valence-electron chi connectivity index (χ0n) is 9.50. The smallest absolute Gasteiger partial charge is 0.122 e. The van der Waals surface area contributed by atoms with Gasteiger partial charge in [0.15, 0.2) is 0 Å². The van der Waals surface area contributed by atoms with E-state index in [0.717, 1.165) is 18.7 Å². The highest BCUT2D eigenvalue weighted by Gasteiger charge is 2.04. The second kappa shape index (κ2) is 4.89. The lowest BCUT2D eigenvalue weighted by atomic mass is 10.1. The molecular formula is C12H19NO. The van der Waals surface area contributed by atoms with Crippen LogP contribution in [0.25, 0.3) is 0 Å². The summed E-state index contributed by atoms with van der Waals surface area (Å²) in [7, 11) is 3.82. The number of nitrogens with zero attached hydrogens (tertiary/aromatic N) is 1. The Morgan fingerprint density at radius 1 is 1.29 bits per heavy atom. The van der Waals surface area contributed by atoms with Gasteiger partial charge in [-0.05, 0) is 37.1 Å². The van der Waals surface area contributed by atoms with E-state index >= 15 is 0 Å². The van der Waals surface area contributed by atoms with E-state index in [4.69, 9.17) is 4.74 Å². The normalized spacial score (nSPS) is 10.0. The zero-order valence-corrected chi connectivity index (χ0v) is 9.50. The Labute approximate surface area is 86.5 Å². The summed E-state index contributed by atoms with van der Waals surface area (Å²) in [4.78, 5) is 2.22. The number of hydrogen-bond donors (Lipinski definition) is 0. The Balaban J connectivity index is 3.01. The monoisotopic (exact) mass is 193 g/mol. The number of hydrogen-bond acceptors (Lipinski definition) is 2. The van der Waals surface area contributed by atoms with Crippen molar-refractivity contribution in [1.29, 1.82) is 0 Å². The number of aryl methyl sites for hydroxylation is 1. The maximum absolute atomic E-state index is 5.29. The molecular weight excluding hydrogens is 174 g/mol. The fourth-order valence-corrected chi connectivity index (χ4v) is 1.46. The molecule has 0 unspecified atom stereocenters. The summed E-state index contributed by atoms with van der Waals surface area (Å²) in [5.41, 5.74) is 2.52. The van der Waals surface area contributed by atoms with E-state index in [1.54, 1.807) is 7.11 Å². The van der Waals surface area contributed by atoms with Gasteiger partial charge < -0.3 is 9.64 Å². The molecule has 1 aromatic carbocycles. The third kappa shape index (κ3) is 2.19. The van der Waals surface area contributed by atoms with Crippen molar-refractivity contribution < 1.29 is 4.74 Å². The van der Waals surface area contributed by atoms with Crippen molar-refractivity contribution in [3.8, 4) is 5.75 Å². The maximum Gasteiger partial charge on any atom is 0.122 e. The minimum atomic E-state index is 0.987. The van der Waals surface area contributed by atoms with Crippen molar-refractivity contribution >= 4 is 5.69 Å². The van der Waals surface area contributed by atoms with Crippen molar-refractivity contribution in [1.82, 2.24) is 0 Å². The van der Waals surface area contributed by atoms with Crippen LogP contribution in [0.4, 0.5) is 5.69 Å². The second-order valence-electron chi connectivity index (χ2n) is 3.36. The van der Waals surface area contributed by atoms with Crippen LogP contribution in [0.2, 0.25) is 0 Å². The summed E-state index contributed by atoms with van der Waals surface area (Å²) in [6.07, 6.45) is 1.01. The molecule has 0 atom stereocenters. The third-order valence-corrected chi connectivity index (χ3v) is 2.56. The molecule has 14 heavy (non-hydrogen) atoms. The molecule has 0 saturated heterocycles. The van der Waals surface area contributed by atoms with Gasteiger partial charge in [0, 0.05) is 19.3 Å². The van der Waals surface area contributed by atoms with Crippen molar-refractivity contribution in [2.45, 2.75) is 20.3 Å². The summed E-state index contributed by atoms with van der Waals surface area (Å²) >= 11 is 0.